The fourth-order valence-electron chi connectivity index (χ4n) is 4.58. The lowest BCUT2D eigenvalue weighted by atomic mass is 9.66. The minimum absolute atomic E-state index is 0.0359. The largest absolute Gasteiger partial charge is 0.429 e. The predicted octanol–water partition coefficient (Wildman–Crippen LogP) is 5.30. The van der Waals surface area contributed by atoms with E-state index in [0.717, 1.165) is 13.8 Å². The summed E-state index contributed by atoms with van der Waals surface area (Å²) in [5, 5.41) is 0. The minimum Gasteiger partial charge on any atom is -0.353 e. The molecule has 136 valence electrons. The summed E-state index contributed by atoms with van der Waals surface area (Å²) in [6.45, 7) is 5.38. The molecule has 2 rings (SSSR count). The minimum atomic E-state index is -5.89. The van der Waals surface area contributed by atoms with Crippen LogP contribution in [-0.4, -0.2) is 29.7 Å². The molecule has 0 radical (unpaired) electrons. The first-order valence-electron chi connectivity index (χ1n) is 7.69. The molecule has 0 aromatic rings. The van der Waals surface area contributed by atoms with Gasteiger partial charge in [-0.2, -0.15) is 26.3 Å². The Hall–Kier alpha value is -0.530. The van der Waals surface area contributed by atoms with Gasteiger partial charge in [-0.3, -0.25) is 0 Å². The summed E-state index contributed by atoms with van der Waals surface area (Å²) < 4.78 is 101. The second kappa shape index (κ2) is 5.23. The molecule has 0 saturated heterocycles. The average Bonchev–Trinajstić information content (AvgIpc) is 2.81. The van der Waals surface area contributed by atoms with Crippen molar-refractivity contribution in [3.05, 3.63) is 0 Å². The van der Waals surface area contributed by atoms with Gasteiger partial charge in [0.25, 0.3) is 5.60 Å². The molecule has 0 spiro atoms. The molecule has 5 atom stereocenters. The van der Waals surface area contributed by atoms with E-state index in [9.17, 15) is 26.3 Å². The van der Waals surface area contributed by atoms with Crippen LogP contribution in [0.2, 0.25) is 0 Å². The van der Waals surface area contributed by atoms with Gasteiger partial charge >= 0.3 is 12.4 Å². The second-order valence-electron chi connectivity index (χ2n) is 7.23. The Morgan fingerprint density at radius 3 is 1.74 bits per heavy atom. The van der Waals surface area contributed by atoms with Crippen LogP contribution in [0.3, 0.4) is 0 Å². The van der Waals surface area contributed by atoms with E-state index >= 15 is 4.39 Å². The predicted molar refractivity (Wildman–Crippen MR) is 69.4 cm³/mol. The molecule has 2 aliphatic rings. The summed E-state index contributed by atoms with van der Waals surface area (Å²) in [5.41, 5.74) is -8.28. The van der Waals surface area contributed by atoms with Gasteiger partial charge in [0.1, 0.15) is 0 Å². The van der Waals surface area contributed by atoms with Gasteiger partial charge in [0, 0.05) is 0 Å². The van der Waals surface area contributed by atoms with Crippen molar-refractivity contribution in [3.63, 3.8) is 0 Å². The van der Waals surface area contributed by atoms with Gasteiger partial charge < -0.3 is 4.74 Å². The SMILES string of the molecule is CC(C)OC(C(F)(F)F)(C(F)(F)F)C1(F)CC2CC1C(C)C2C. The molecule has 2 fully saturated rings. The van der Waals surface area contributed by atoms with E-state index in [0.29, 0.717) is 0 Å². The van der Waals surface area contributed by atoms with E-state index in [4.69, 9.17) is 0 Å². The summed E-state index contributed by atoms with van der Waals surface area (Å²) in [6, 6.07) is 0. The molecule has 0 aromatic carbocycles. The summed E-state index contributed by atoms with van der Waals surface area (Å²) in [4.78, 5) is 0. The van der Waals surface area contributed by atoms with Gasteiger partial charge in [-0.1, -0.05) is 13.8 Å². The quantitative estimate of drug-likeness (QED) is 0.628. The van der Waals surface area contributed by atoms with Crippen LogP contribution in [-0.2, 0) is 4.74 Å². The fraction of sp³-hybridized carbons (Fsp3) is 1.00. The van der Waals surface area contributed by atoms with Crippen molar-refractivity contribution in [3.8, 4) is 0 Å². The number of hydrogen-bond donors (Lipinski definition) is 0. The van der Waals surface area contributed by atoms with Crippen LogP contribution in [0, 0.1) is 23.7 Å². The summed E-state index contributed by atoms with van der Waals surface area (Å²) in [7, 11) is 0. The van der Waals surface area contributed by atoms with Crippen LogP contribution in [0.4, 0.5) is 30.7 Å². The molecule has 0 heterocycles. The Morgan fingerprint density at radius 1 is 0.957 bits per heavy atom. The van der Waals surface area contributed by atoms with E-state index in [-0.39, 0.29) is 12.3 Å². The van der Waals surface area contributed by atoms with Crippen LogP contribution >= 0.6 is 0 Å². The maximum absolute atomic E-state index is 15.5. The zero-order chi connectivity index (χ0) is 18.0. The highest BCUT2D eigenvalue weighted by Crippen LogP contribution is 2.68. The monoisotopic (exact) mass is 350 g/mol. The topological polar surface area (TPSA) is 9.23 Å². The zero-order valence-electron chi connectivity index (χ0n) is 13.4. The molecule has 0 N–H and O–H groups in total. The van der Waals surface area contributed by atoms with Gasteiger partial charge in [0.2, 0.25) is 0 Å². The van der Waals surface area contributed by atoms with Crippen molar-refractivity contribution < 1.29 is 35.5 Å². The van der Waals surface area contributed by atoms with E-state index in [1.165, 1.54) is 6.92 Å². The normalized spacial score (nSPS) is 38.6. The van der Waals surface area contributed by atoms with E-state index < -0.39 is 53.9 Å². The lowest BCUT2D eigenvalue weighted by Gasteiger charge is -2.51. The lowest BCUT2D eigenvalue weighted by molar-refractivity contribution is -0.428. The van der Waals surface area contributed by atoms with Crippen molar-refractivity contribution in [1.82, 2.24) is 0 Å². The number of rotatable bonds is 3. The van der Waals surface area contributed by atoms with Crippen LogP contribution in [0.15, 0.2) is 0 Å². The molecule has 1 nitrogen and oxygen atoms in total. The number of alkyl halides is 7. The van der Waals surface area contributed by atoms with Crippen molar-refractivity contribution in [2.75, 3.05) is 0 Å². The standard InChI is InChI=1S/C15H21F7O/c1-7(2)23-13(14(17,18)19,15(20,21)22)12(16)6-10-5-11(12)9(4)8(10)3/h7-11H,5-6H2,1-4H3. The fourth-order valence-corrected chi connectivity index (χ4v) is 4.58. The third kappa shape index (κ3) is 2.38. The zero-order valence-corrected chi connectivity index (χ0v) is 13.4. The molecular formula is C15H21F7O. The number of halogens is 7. The third-order valence-electron chi connectivity index (χ3n) is 5.71. The molecule has 8 heteroatoms. The van der Waals surface area contributed by atoms with E-state index in [2.05, 4.69) is 4.74 Å². The van der Waals surface area contributed by atoms with Crippen molar-refractivity contribution >= 4 is 0 Å². The molecule has 0 aliphatic heterocycles. The maximum atomic E-state index is 15.5. The highest BCUT2D eigenvalue weighted by molar-refractivity contribution is 5.21. The number of ether oxygens (including phenoxy) is 1. The Balaban J connectivity index is 2.63. The van der Waals surface area contributed by atoms with Crippen LogP contribution in [0.5, 0.6) is 0 Å². The van der Waals surface area contributed by atoms with Gasteiger partial charge in [-0.05, 0) is 50.4 Å². The van der Waals surface area contributed by atoms with Crippen LogP contribution in [0.25, 0.3) is 0 Å². The van der Waals surface area contributed by atoms with Gasteiger partial charge in [0.05, 0.1) is 6.10 Å². The molecule has 5 unspecified atom stereocenters. The first-order chi connectivity index (χ1) is 10.2. The van der Waals surface area contributed by atoms with E-state index in [1.807, 2.05) is 0 Å². The molecule has 0 aromatic heterocycles. The molecule has 2 aliphatic carbocycles. The smallest absolute Gasteiger partial charge is 0.353 e. The van der Waals surface area contributed by atoms with E-state index in [1.54, 1.807) is 6.92 Å². The molecular weight excluding hydrogens is 329 g/mol. The first-order valence-corrected chi connectivity index (χ1v) is 7.69. The number of hydrogen-bond acceptors (Lipinski definition) is 1. The van der Waals surface area contributed by atoms with Crippen LogP contribution in [0.1, 0.15) is 40.5 Å². The van der Waals surface area contributed by atoms with Crippen molar-refractivity contribution in [2.45, 2.75) is 70.3 Å². The molecule has 0 amide bonds. The highest BCUT2D eigenvalue weighted by Gasteiger charge is 2.86. The Bertz CT molecular complexity index is 440. The second-order valence-corrected chi connectivity index (χ2v) is 7.23. The van der Waals surface area contributed by atoms with Gasteiger partial charge in [-0.25, -0.2) is 4.39 Å². The summed E-state index contributed by atoms with van der Waals surface area (Å²) in [6.07, 6.45) is -13.9. The third-order valence-corrected chi connectivity index (χ3v) is 5.71. The first kappa shape index (κ1) is 18.8. The Morgan fingerprint density at radius 2 is 1.43 bits per heavy atom. The molecule has 23 heavy (non-hydrogen) atoms. The summed E-state index contributed by atoms with van der Waals surface area (Å²) in [5.74, 6) is -2.45. The average molecular weight is 350 g/mol. The van der Waals surface area contributed by atoms with Crippen LogP contribution < -0.4 is 0 Å². The van der Waals surface area contributed by atoms with Crippen molar-refractivity contribution in [1.29, 1.82) is 0 Å². The van der Waals surface area contributed by atoms with Crippen molar-refractivity contribution in [2.24, 2.45) is 23.7 Å². The lowest BCUT2D eigenvalue weighted by Crippen LogP contribution is -2.73. The molecule has 2 bridgehead atoms. The Labute approximate surface area is 130 Å². The number of fused-ring (bicyclic) bond motifs is 2. The van der Waals surface area contributed by atoms with Gasteiger partial charge in [-0.15, -0.1) is 0 Å². The maximum Gasteiger partial charge on any atom is 0.429 e. The van der Waals surface area contributed by atoms with Gasteiger partial charge in [0.15, 0.2) is 5.67 Å². The Kier molecular flexibility index (Phi) is 4.28. The molecule has 2 saturated carbocycles. The summed E-state index contributed by atoms with van der Waals surface area (Å²) >= 11 is 0. The highest BCUT2D eigenvalue weighted by atomic mass is 19.4.